The molecule has 5 heteroatoms. The number of hydrogen-bond acceptors (Lipinski definition) is 2. The smallest absolute Gasteiger partial charge is 0.305 e. The Hall–Kier alpha value is -1.07. The van der Waals surface area contributed by atoms with E-state index in [0.717, 1.165) is 34.9 Å². The first-order valence-electron chi connectivity index (χ1n) is 5.39. The van der Waals surface area contributed by atoms with Crippen LogP contribution >= 0.6 is 15.9 Å². The Morgan fingerprint density at radius 1 is 1.44 bits per heavy atom. The molecule has 84 valence electrons. The molecule has 1 aromatic carbocycles. The number of benzene rings is 1. The number of aromatic amines is 1. The van der Waals surface area contributed by atoms with E-state index in [9.17, 15) is 4.79 Å². The third-order valence-corrected chi connectivity index (χ3v) is 3.52. The molecule has 2 aromatic rings. The van der Waals surface area contributed by atoms with Gasteiger partial charge in [-0.25, -0.2) is 4.79 Å². The summed E-state index contributed by atoms with van der Waals surface area (Å²) in [6, 6.07) is 5.84. The minimum Gasteiger partial charge on any atom is -0.305 e. The lowest BCUT2D eigenvalue weighted by atomic mass is 10.3. The number of nitrogens with one attached hydrogen (secondary N) is 2. The zero-order valence-electron chi connectivity index (χ0n) is 8.66. The van der Waals surface area contributed by atoms with Crippen LogP contribution in [0.4, 0.5) is 0 Å². The lowest BCUT2D eigenvalue weighted by Crippen LogP contribution is -2.28. The van der Waals surface area contributed by atoms with E-state index < -0.39 is 0 Å². The Balaban J connectivity index is 2.25. The van der Waals surface area contributed by atoms with Gasteiger partial charge in [0.2, 0.25) is 0 Å². The number of rotatable bonds is 1. The van der Waals surface area contributed by atoms with Gasteiger partial charge in [0.15, 0.2) is 0 Å². The third kappa shape index (κ3) is 1.51. The predicted octanol–water partition coefficient (Wildman–Crippen LogP) is 1.97. The fraction of sp³-hybridized carbons (Fsp3) is 0.364. The largest absolute Gasteiger partial charge is 0.327 e. The average Bonchev–Trinajstić information content (AvgIpc) is 2.83. The highest BCUT2D eigenvalue weighted by atomic mass is 79.9. The fourth-order valence-electron chi connectivity index (χ4n) is 2.29. The van der Waals surface area contributed by atoms with Crippen molar-refractivity contribution in [1.82, 2.24) is 14.9 Å². The summed E-state index contributed by atoms with van der Waals surface area (Å²) in [6.45, 7) is 0.984. The summed E-state index contributed by atoms with van der Waals surface area (Å²) < 4.78 is 2.80. The van der Waals surface area contributed by atoms with Crippen LogP contribution in [0, 0.1) is 0 Å². The summed E-state index contributed by atoms with van der Waals surface area (Å²) in [4.78, 5) is 14.8. The van der Waals surface area contributed by atoms with Crippen molar-refractivity contribution in [3.05, 3.63) is 33.2 Å². The van der Waals surface area contributed by atoms with Gasteiger partial charge in [-0.15, -0.1) is 0 Å². The second kappa shape index (κ2) is 3.75. The first-order valence-corrected chi connectivity index (χ1v) is 6.18. The number of hydrogen-bond donors (Lipinski definition) is 2. The summed E-state index contributed by atoms with van der Waals surface area (Å²) in [6.07, 6.45) is 2.27. The Morgan fingerprint density at radius 3 is 3.06 bits per heavy atom. The van der Waals surface area contributed by atoms with E-state index in [4.69, 9.17) is 0 Å². The maximum atomic E-state index is 11.9. The van der Waals surface area contributed by atoms with Crippen LogP contribution < -0.4 is 11.0 Å². The van der Waals surface area contributed by atoms with E-state index in [1.54, 1.807) is 0 Å². The summed E-state index contributed by atoms with van der Waals surface area (Å²) in [5, 5.41) is 3.34. The van der Waals surface area contributed by atoms with Crippen molar-refractivity contribution >= 4 is 27.0 Å². The third-order valence-electron chi connectivity index (χ3n) is 3.03. The van der Waals surface area contributed by atoms with Crippen LogP contribution in [-0.4, -0.2) is 16.1 Å². The number of halogens is 1. The van der Waals surface area contributed by atoms with Crippen LogP contribution in [0.5, 0.6) is 0 Å². The number of H-pyrrole nitrogens is 1. The van der Waals surface area contributed by atoms with Crippen molar-refractivity contribution < 1.29 is 0 Å². The zero-order chi connectivity index (χ0) is 11.1. The maximum absolute atomic E-state index is 11.9. The van der Waals surface area contributed by atoms with Gasteiger partial charge in [-0.3, -0.25) is 9.88 Å². The fourth-order valence-corrected chi connectivity index (χ4v) is 2.64. The molecule has 0 radical (unpaired) electrons. The molecule has 2 heterocycles. The van der Waals surface area contributed by atoms with Gasteiger partial charge in [-0.1, -0.05) is 15.9 Å². The van der Waals surface area contributed by atoms with E-state index in [-0.39, 0.29) is 11.9 Å². The van der Waals surface area contributed by atoms with Gasteiger partial charge in [0.05, 0.1) is 17.2 Å². The second-order valence-corrected chi connectivity index (χ2v) is 4.99. The van der Waals surface area contributed by atoms with Crippen molar-refractivity contribution in [3.63, 3.8) is 0 Å². The van der Waals surface area contributed by atoms with Gasteiger partial charge in [-0.2, -0.15) is 0 Å². The molecule has 2 N–H and O–H groups in total. The molecule has 0 amide bonds. The Kier molecular flexibility index (Phi) is 2.37. The van der Waals surface area contributed by atoms with E-state index in [0.29, 0.717) is 0 Å². The first-order chi connectivity index (χ1) is 7.75. The number of nitrogens with zero attached hydrogens (tertiary/aromatic N) is 1. The predicted molar refractivity (Wildman–Crippen MR) is 66.5 cm³/mol. The number of fused-ring (bicyclic) bond motifs is 1. The molecule has 1 saturated heterocycles. The van der Waals surface area contributed by atoms with Crippen molar-refractivity contribution in [3.8, 4) is 0 Å². The minimum atomic E-state index is -0.0347. The standard InChI is InChI=1S/C11H12BrN3O/c12-7-3-4-8-9(6-7)15(11(16)14-8)10-2-1-5-13-10/h3-4,6,10,13H,1-2,5H2,(H,14,16). The van der Waals surface area contributed by atoms with Crippen LogP contribution in [0.3, 0.4) is 0 Å². The van der Waals surface area contributed by atoms with Gasteiger partial charge in [0, 0.05) is 4.47 Å². The van der Waals surface area contributed by atoms with Gasteiger partial charge in [0.1, 0.15) is 0 Å². The van der Waals surface area contributed by atoms with E-state index >= 15 is 0 Å². The molecule has 0 spiro atoms. The van der Waals surface area contributed by atoms with Crippen LogP contribution in [0.2, 0.25) is 0 Å². The summed E-state index contributed by atoms with van der Waals surface area (Å²) in [5.74, 6) is 0. The molecule has 0 aliphatic carbocycles. The molecule has 1 aliphatic heterocycles. The molecule has 0 bridgehead atoms. The molecule has 1 fully saturated rings. The molecule has 0 saturated carbocycles. The van der Waals surface area contributed by atoms with Crippen LogP contribution in [0.1, 0.15) is 19.0 Å². The van der Waals surface area contributed by atoms with E-state index in [1.807, 2.05) is 22.8 Å². The van der Waals surface area contributed by atoms with Gasteiger partial charge < -0.3 is 4.98 Å². The molecule has 1 aromatic heterocycles. The first kappa shape index (κ1) is 10.1. The highest BCUT2D eigenvalue weighted by Crippen LogP contribution is 2.22. The molecule has 4 nitrogen and oxygen atoms in total. The summed E-state index contributed by atoms with van der Waals surface area (Å²) in [7, 11) is 0. The number of aromatic nitrogens is 2. The second-order valence-electron chi connectivity index (χ2n) is 4.07. The molecule has 3 rings (SSSR count). The zero-order valence-corrected chi connectivity index (χ0v) is 10.3. The van der Waals surface area contributed by atoms with Crippen LogP contribution in [-0.2, 0) is 0 Å². The molecule has 1 aliphatic rings. The molecular formula is C11H12BrN3O. The normalized spacial score (nSPS) is 20.7. The number of imidazole rings is 1. The molecule has 1 atom stereocenters. The lowest BCUT2D eigenvalue weighted by Gasteiger charge is -2.11. The van der Waals surface area contributed by atoms with Crippen LogP contribution in [0.15, 0.2) is 27.5 Å². The highest BCUT2D eigenvalue weighted by Gasteiger charge is 2.20. The van der Waals surface area contributed by atoms with Crippen molar-refractivity contribution in [1.29, 1.82) is 0 Å². The minimum absolute atomic E-state index is 0.0347. The molecule has 1 unspecified atom stereocenters. The lowest BCUT2D eigenvalue weighted by molar-refractivity contribution is 0.469. The van der Waals surface area contributed by atoms with Gasteiger partial charge >= 0.3 is 5.69 Å². The van der Waals surface area contributed by atoms with E-state index in [1.165, 1.54) is 0 Å². The van der Waals surface area contributed by atoms with E-state index in [2.05, 4.69) is 26.2 Å². The molecular weight excluding hydrogens is 270 g/mol. The average molecular weight is 282 g/mol. The molecule has 16 heavy (non-hydrogen) atoms. The quantitative estimate of drug-likeness (QED) is 0.840. The van der Waals surface area contributed by atoms with Crippen molar-refractivity contribution in [2.75, 3.05) is 6.54 Å². The summed E-state index contributed by atoms with van der Waals surface area (Å²) >= 11 is 3.43. The van der Waals surface area contributed by atoms with Gasteiger partial charge in [-0.05, 0) is 37.6 Å². The summed E-state index contributed by atoms with van der Waals surface area (Å²) in [5.41, 5.74) is 1.81. The Labute approximate surface area is 101 Å². The maximum Gasteiger partial charge on any atom is 0.327 e. The SMILES string of the molecule is O=c1[nH]c2ccc(Br)cc2n1C1CCCN1. The van der Waals surface area contributed by atoms with Crippen molar-refractivity contribution in [2.45, 2.75) is 19.0 Å². The highest BCUT2D eigenvalue weighted by molar-refractivity contribution is 9.10. The Morgan fingerprint density at radius 2 is 2.31 bits per heavy atom. The van der Waals surface area contributed by atoms with Gasteiger partial charge in [0.25, 0.3) is 0 Å². The topological polar surface area (TPSA) is 49.8 Å². The Bertz CT molecular complexity index is 580. The van der Waals surface area contributed by atoms with Crippen LogP contribution in [0.25, 0.3) is 11.0 Å². The van der Waals surface area contributed by atoms with Crippen molar-refractivity contribution in [2.24, 2.45) is 0 Å². The monoisotopic (exact) mass is 281 g/mol.